The molecule has 0 bridgehead atoms. The zero-order valence-corrected chi connectivity index (χ0v) is 8.36. The van der Waals surface area contributed by atoms with Gasteiger partial charge in [0, 0.05) is 4.90 Å². The minimum absolute atomic E-state index is 0.170. The second kappa shape index (κ2) is 3.09. The molecular formula is C9H6N4OS. The van der Waals surface area contributed by atoms with Crippen LogP contribution in [0.1, 0.15) is 10.4 Å². The van der Waals surface area contributed by atoms with Crippen LogP contribution in [0.15, 0.2) is 44.7 Å². The Morgan fingerprint density at radius 2 is 2.13 bits per heavy atom. The molecule has 1 aliphatic heterocycles. The van der Waals surface area contributed by atoms with Crippen molar-refractivity contribution in [2.24, 2.45) is 4.36 Å². The first kappa shape index (κ1) is 8.49. The van der Waals surface area contributed by atoms with Crippen molar-refractivity contribution in [1.82, 2.24) is 15.4 Å². The first-order chi connectivity index (χ1) is 7.36. The summed E-state index contributed by atoms with van der Waals surface area (Å²) in [5.74, 6) is -0.170. The van der Waals surface area contributed by atoms with Gasteiger partial charge in [-0.2, -0.15) is 4.36 Å². The van der Waals surface area contributed by atoms with Gasteiger partial charge >= 0.3 is 0 Å². The maximum Gasteiger partial charge on any atom is 0.284 e. The van der Waals surface area contributed by atoms with Gasteiger partial charge < -0.3 is 0 Å². The third-order valence-electron chi connectivity index (χ3n) is 2.09. The summed E-state index contributed by atoms with van der Waals surface area (Å²) >= 11 is 0. The lowest BCUT2D eigenvalue weighted by molar-refractivity contribution is 0.101. The maximum absolute atomic E-state index is 11.6. The lowest BCUT2D eigenvalue weighted by atomic mass is 10.2. The van der Waals surface area contributed by atoms with E-state index < -0.39 is 10.7 Å². The molecule has 1 amide bonds. The highest BCUT2D eigenvalue weighted by molar-refractivity contribution is 7.88. The van der Waals surface area contributed by atoms with Crippen molar-refractivity contribution in [3.05, 3.63) is 36.0 Å². The summed E-state index contributed by atoms with van der Waals surface area (Å²) in [4.78, 5) is 12.5. The van der Waals surface area contributed by atoms with E-state index in [1.807, 2.05) is 18.2 Å². The minimum atomic E-state index is -0.594. The topological polar surface area (TPSA) is 71.0 Å². The van der Waals surface area contributed by atoms with Crippen LogP contribution in [-0.2, 0) is 10.7 Å². The van der Waals surface area contributed by atoms with Crippen molar-refractivity contribution < 1.29 is 4.79 Å². The molecular weight excluding hydrogens is 212 g/mol. The fourth-order valence-corrected chi connectivity index (χ4v) is 2.97. The molecule has 0 fully saturated rings. The van der Waals surface area contributed by atoms with Crippen molar-refractivity contribution in [3.8, 4) is 0 Å². The predicted octanol–water partition coefficient (Wildman–Crippen LogP) is 1.18. The fourth-order valence-electron chi connectivity index (χ4n) is 1.44. The van der Waals surface area contributed by atoms with Gasteiger partial charge in [-0.25, -0.2) is 0 Å². The Balaban J connectivity index is 2.22. The summed E-state index contributed by atoms with van der Waals surface area (Å²) in [5, 5.41) is 10.8. The number of hydrogen-bond donors (Lipinski definition) is 1. The Labute approximate surface area is 87.6 Å². The monoisotopic (exact) mass is 218 g/mol. The number of carbonyl (C=O) groups excluding carboxylic acids is 1. The largest absolute Gasteiger partial charge is 0.284 e. The molecule has 1 unspecified atom stereocenters. The van der Waals surface area contributed by atoms with E-state index in [1.54, 1.807) is 12.3 Å². The Morgan fingerprint density at radius 1 is 1.27 bits per heavy atom. The summed E-state index contributed by atoms with van der Waals surface area (Å²) in [6.45, 7) is 0. The van der Waals surface area contributed by atoms with Crippen LogP contribution < -0.4 is 0 Å². The lowest BCUT2D eigenvalue weighted by Gasteiger charge is -1.97. The average Bonchev–Trinajstić information content (AvgIpc) is 2.87. The zero-order valence-electron chi connectivity index (χ0n) is 7.54. The van der Waals surface area contributed by atoms with Gasteiger partial charge in [-0.3, -0.25) is 9.89 Å². The van der Waals surface area contributed by atoms with Crippen molar-refractivity contribution in [1.29, 1.82) is 0 Å². The molecule has 0 saturated heterocycles. The molecule has 3 rings (SSSR count). The van der Waals surface area contributed by atoms with Gasteiger partial charge in [-0.05, 0) is 22.8 Å². The summed E-state index contributed by atoms with van der Waals surface area (Å²) < 4.78 is 4.07. The Hall–Kier alpha value is -1.82. The summed E-state index contributed by atoms with van der Waals surface area (Å²) in [6.07, 6.45) is 1.67. The first-order valence-electron chi connectivity index (χ1n) is 4.32. The van der Waals surface area contributed by atoms with Crippen molar-refractivity contribution in [2.45, 2.75) is 9.92 Å². The van der Waals surface area contributed by atoms with Crippen LogP contribution in [0, 0.1) is 0 Å². The zero-order chi connectivity index (χ0) is 10.3. The summed E-state index contributed by atoms with van der Waals surface area (Å²) in [7, 11) is -0.594. The highest BCUT2D eigenvalue weighted by atomic mass is 32.2. The van der Waals surface area contributed by atoms with E-state index in [2.05, 4.69) is 19.8 Å². The van der Waals surface area contributed by atoms with E-state index in [0.717, 1.165) is 4.90 Å². The Morgan fingerprint density at radius 3 is 2.93 bits per heavy atom. The van der Waals surface area contributed by atoms with Crippen LogP contribution in [0.3, 0.4) is 0 Å². The first-order valence-corrected chi connectivity index (χ1v) is 5.50. The molecule has 1 aliphatic rings. The van der Waals surface area contributed by atoms with Gasteiger partial charge in [0.2, 0.25) is 0 Å². The number of H-pyrrole nitrogens is 1. The number of rotatable bonds is 1. The number of nitrogens with one attached hydrogen (secondary N) is 1. The number of carbonyl (C=O) groups is 1. The highest BCUT2D eigenvalue weighted by Crippen LogP contribution is 2.27. The Kier molecular flexibility index (Phi) is 1.75. The second-order valence-electron chi connectivity index (χ2n) is 2.99. The molecule has 1 N–H and O–H groups in total. The van der Waals surface area contributed by atoms with E-state index >= 15 is 0 Å². The van der Waals surface area contributed by atoms with Crippen LogP contribution in [-0.4, -0.2) is 21.3 Å². The van der Waals surface area contributed by atoms with Crippen LogP contribution in [0.5, 0.6) is 0 Å². The summed E-state index contributed by atoms with van der Waals surface area (Å²) in [6, 6.07) is 7.42. The van der Waals surface area contributed by atoms with E-state index in [-0.39, 0.29) is 5.91 Å². The van der Waals surface area contributed by atoms with Crippen molar-refractivity contribution in [3.63, 3.8) is 0 Å². The van der Waals surface area contributed by atoms with Crippen LogP contribution in [0.4, 0.5) is 0 Å². The smallest absolute Gasteiger partial charge is 0.266 e. The molecule has 0 aliphatic carbocycles. The number of hydrogen-bond acceptors (Lipinski definition) is 3. The average molecular weight is 218 g/mol. The van der Waals surface area contributed by atoms with E-state index in [4.69, 9.17) is 0 Å². The highest BCUT2D eigenvalue weighted by Gasteiger charge is 2.23. The molecule has 2 heterocycles. The van der Waals surface area contributed by atoms with E-state index in [1.165, 1.54) is 0 Å². The normalized spacial score (nSPS) is 18.7. The number of amides is 1. The quantitative estimate of drug-likeness (QED) is 0.781. The molecule has 15 heavy (non-hydrogen) atoms. The van der Waals surface area contributed by atoms with E-state index in [0.29, 0.717) is 10.6 Å². The maximum atomic E-state index is 11.6. The molecule has 1 aromatic carbocycles. The van der Waals surface area contributed by atoms with Gasteiger partial charge in [0.1, 0.15) is 0 Å². The van der Waals surface area contributed by atoms with Gasteiger partial charge in [0.15, 0.2) is 5.03 Å². The molecule has 2 aromatic rings. The van der Waals surface area contributed by atoms with Gasteiger partial charge in [0.25, 0.3) is 5.91 Å². The van der Waals surface area contributed by atoms with Gasteiger partial charge in [-0.1, -0.05) is 17.3 Å². The molecule has 5 nitrogen and oxygen atoms in total. The predicted molar refractivity (Wildman–Crippen MR) is 53.5 cm³/mol. The number of aromatic amines is 1. The number of nitrogens with zero attached hydrogens (tertiary/aromatic N) is 3. The van der Waals surface area contributed by atoms with Crippen LogP contribution >= 0.6 is 0 Å². The molecule has 1 atom stereocenters. The molecule has 0 saturated carbocycles. The fraction of sp³-hybridized carbons (Fsp3) is 0. The SMILES string of the molecule is O=C1N=S(c2c[nH]nn2)c2ccccc21. The minimum Gasteiger partial charge on any atom is -0.266 e. The number of benzene rings is 1. The molecule has 0 radical (unpaired) electrons. The lowest BCUT2D eigenvalue weighted by Crippen LogP contribution is -1.91. The van der Waals surface area contributed by atoms with Crippen molar-refractivity contribution in [2.75, 3.05) is 0 Å². The van der Waals surface area contributed by atoms with Crippen LogP contribution in [0.25, 0.3) is 0 Å². The Bertz CT molecular complexity index is 561. The molecule has 1 aromatic heterocycles. The third kappa shape index (κ3) is 1.22. The molecule has 74 valence electrons. The standard InChI is InChI=1S/C9H6N4OS/c14-9-6-3-1-2-4-7(6)15(12-9)8-5-10-13-11-8/h1-5H,(H,10,11,13). The molecule has 0 spiro atoms. The number of aromatic nitrogens is 3. The molecule has 6 heteroatoms. The second-order valence-corrected chi connectivity index (χ2v) is 4.60. The van der Waals surface area contributed by atoms with Crippen molar-refractivity contribution >= 4 is 16.6 Å². The van der Waals surface area contributed by atoms with Gasteiger partial charge in [0.05, 0.1) is 11.8 Å². The number of fused-ring (bicyclic) bond motifs is 1. The van der Waals surface area contributed by atoms with E-state index in [9.17, 15) is 4.79 Å². The van der Waals surface area contributed by atoms with Gasteiger partial charge in [-0.15, -0.1) is 5.10 Å². The van der Waals surface area contributed by atoms with Crippen LogP contribution in [0.2, 0.25) is 0 Å². The summed E-state index contributed by atoms with van der Waals surface area (Å²) in [5.41, 5.74) is 0.670. The third-order valence-corrected chi connectivity index (χ3v) is 3.81.